The molecule has 0 aliphatic carbocycles. The van der Waals surface area contributed by atoms with Gasteiger partial charge in [-0.25, -0.2) is 4.79 Å². The molecule has 0 aromatic heterocycles. The van der Waals surface area contributed by atoms with Crippen LogP contribution in [0.2, 0.25) is 0 Å². The highest BCUT2D eigenvalue weighted by molar-refractivity contribution is 7.80. The molecule has 11 N–H and O–H groups in total. The molecule has 200 valence electrons. The molecule has 0 aromatic rings. The molecule has 0 heterocycles. The first kappa shape index (κ1) is 31.9. The van der Waals surface area contributed by atoms with Gasteiger partial charge in [-0.2, -0.15) is 12.6 Å². The van der Waals surface area contributed by atoms with E-state index in [4.69, 9.17) is 22.3 Å². The van der Waals surface area contributed by atoms with Gasteiger partial charge >= 0.3 is 11.9 Å². The van der Waals surface area contributed by atoms with E-state index >= 15 is 0 Å². The van der Waals surface area contributed by atoms with Crippen molar-refractivity contribution >= 4 is 48.2 Å². The quantitative estimate of drug-likeness (QED) is 0.0431. The summed E-state index contributed by atoms with van der Waals surface area (Å²) in [6, 6.07) is -4.74. The van der Waals surface area contributed by atoms with Crippen LogP contribution in [0.1, 0.15) is 46.0 Å². The second kappa shape index (κ2) is 16.5. The number of aliphatic carboxylic acids is 2. The normalized spacial score (nSPS) is 15.0. The molecule has 0 spiro atoms. The smallest absolute Gasteiger partial charge is 0.327 e. The Balaban J connectivity index is 5.62. The van der Waals surface area contributed by atoms with Crippen molar-refractivity contribution in [1.82, 2.24) is 16.0 Å². The molecule has 0 rings (SSSR count). The number of rotatable bonds is 17. The molecule has 0 aliphatic heterocycles. The Kier molecular flexibility index (Phi) is 15.1. The van der Waals surface area contributed by atoms with E-state index in [1.807, 2.05) is 6.92 Å². The third kappa shape index (κ3) is 12.8. The number of nitrogens with two attached hydrogens (primary N) is 3. The summed E-state index contributed by atoms with van der Waals surface area (Å²) >= 11 is 3.89. The molecule has 35 heavy (non-hydrogen) atoms. The molecule has 0 aliphatic rings. The van der Waals surface area contributed by atoms with Crippen LogP contribution >= 0.6 is 12.6 Å². The minimum absolute atomic E-state index is 0.0270. The first-order chi connectivity index (χ1) is 16.3. The number of hydrogen-bond donors (Lipinski definition) is 9. The topological polar surface area (TPSA) is 252 Å². The Bertz CT molecular complexity index is 777. The highest BCUT2D eigenvalue weighted by Gasteiger charge is 2.30. The standard InChI is InChI=1S/C20H37N7O7S/c1-3-10(2)15(21)18(32)26-12(6-7-14(28)29)17(31)25-11(5-4-8-24-20(22)23)16(30)27-13(9-35)19(33)34/h10-13,15,35H,3-9,21H2,1-2H3,(H,25,31)(H,26,32)(H,27,30)(H,28,29)(H,33,34)(H4,22,23,24). The lowest BCUT2D eigenvalue weighted by molar-refractivity contribution is -0.141. The molecule has 0 aromatic carbocycles. The zero-order valence-electron chi connectivity index (χ0n) is 19.9. The van der Waals surface area contributed by atoms with Crippen molar-refractivity contribution in [2.45, 2.75) is 70.1 Å². The third-order valence-corrected chi connectivity index (χ3v) is 5.58. The number of thiol groups is 1. The maximum absolute atomic E-state index is 13.0. The number of aliphatic imine (C=N–C) groups is 1. The lowest BCUT2D eigenvalue weighted by Crippen LogP contribution is -2.57. The Morgan fingerprint density at radius 3 is 1.89 bits per heavy atom. The summed E-state index contributed by atoms with van der Waals surface area (Å²) in [6.07, 6.45) is 0.198. The lowest BCUT2D eigenvalue weighted by atomic mass is 9.98. The van der Waals surface area contributed by atoms with E-state index in [0.717, 1.165) is 0 Å². The minimum atomic E-state index is -1.32. The first-order valence-corrected chi connectivity index (χ1v) is 11.7. The van der Waals surface area contributed by atoms with Gasteiger partial charge in [-0.15, -0.1) is 0 Å². The molecule has 5 atom stereocenters. The number of guanidine groups is 1. The molecule has 5 unspecified atom stereocenters. The number of amides is 3. The largest absolute Gasteiger partial charge is 0.481 e. The first-order valence-electron chi connectivity index (χ1n) is 11.1. The van der Waals surface area contributed by atoms with E-state index in [0.29, 0.717) is 6.42 Å². The van der Waals surface area contributed by atoms with Crippen LogP contribution in [0.4, 0.5) is 0 Å². The zero-order chi connectivity index (χ0) is 27.1. The van der Waals surface area contributed by atoms with Crippen molar-refractivity contribution in [2.24, 2.45) is 28.1 Å². The maximum atomic E-state index is 13.0. The van der Waals surface area contributed by atoms with Gasteiger partial charge in [-0.3, -0.25) is 24.2 Å². The van der Waals surface area contributed by atoms with Crippen LogP contribution in [0.25, 0.3) is 0 Å². The minimum Gasteiger partial charge on any atom is -0.481 e. The van der Waals surface area contributed by atoms with Crippen LogP contribution in [-0.4, -0.2) is 82.3 Å². The fourth-order valence-corrected chi connectivity index (χ4v) is 3.07. The molecule has 0 saturated heterocycles. The van der Waals surface area contributed by atoms with Gasteiger partial charge in [0.25, 0.3) is 0 Å². The van der Waals surface area contributed by atoms with Crippen molar-refractivity contribution in [2.75, 3.05) is 12.3 Å². The summed E-state index contributed by atoms with van der Waals surface area (Å²) in [5, 5.41) is 25.4. The van der Waals surface area contributed by atoms with E-state index in [-0.39, 0.29) is 43.4 Å². The van der Waals surface area contributed by atoms with Crippen molar-refractivity contribution in [3.8, 4) is 0 Å². The molecule has 0 radical (unpaired) electrons. The molecular formula is C20H37N7O7S. The third-order valence-electron chi connectivity index (χ3n) is 5.22. The summed E-state index contributed by atoms with van der Waals surface area (Å²) < 4.78 is 0. The van der Waals surface area contributed by atoms with Gasteiger partial charge in [-0.1, -0.05) is 20.3 Å². The average molecular weight is 520 g/mol. The summed E-state index contributed by atoms with van der Waals surface area (Å²) in [5.74, 6) is -5.32. The Labute approximate surface area is 209 Å². The van der Waals surface area contributed by atoms with Crippen LogP contribution in [0.5, 0.6) is 0 Å². The number of hydrogen-bond acceptors (Lipinski definition) is 8. The van der Waals surface area contributed by atoms with E-state index < -0.39 is 60.2 Å². The van der Waals surface area contributed by atoms with E-state index in [1.165, 1.54) is 0 Å². The SMILES string of the molecule is CCC(C)C(N)C(=O)NC(CCC(=O)O)C(=O)NC(CCCN=C(N)N)C(=O)NC(CS)C(=O)O. The molecule has 15 heteroatoms. The van der Waals surface area contributed by atoms with Gasteiger partial charge in [0.15, 0.2) is 5.96 Å². The summed E-state index contributed by atoms with van der Waals surface area (Å²) in [4.78, 5) is 64.3. The van der Waals surface area contributed by atoms with Crippen molar-refractivity contribution in [3.63, 3.8) is 0 Å². The molecule has 14 nitrogen and oxygen atoms in total. The van der Waals surface area contributed by atoms with Gasteiger partial charge < -0.3 is 43.4 Å². The summed E-state index contributed by atoms with van der Waals surface area (Å²) in [7, 11) is 0. The fraction of sp³-hybridized carbons (Fsp3) is 0.700. The molecular weight excluding hydrogens is 482 g/mol. The van der Waals surface area contributed by atoms with Crippen molar-refractivity contribution in [1.29, 1.82) is 0 Å². The molecule has 0 bridgehead atoms. The molecule has 0 saturated carbocycles. The number of nitrogens with zero attached hydrogens (tertiary/aromatic N) is 1. The Hall–Kier alpha value is -3.07. The zero-order valence-corrected chi connectivity index (χ0v) is 20.8. The number of carbonyl (C=O) groups excluding carboxylic acids is 3. The van der Waals surface area contributed by atoms with E-state index in [1.54, 1.807) is 6.92 Å². The second-order valence-electron chi connectivity index (χ2n) is 8.00. The molecule has 3 amide bonds. The van der Waals surface area contributed by atoms with Crippen LogP contribution in [0, 0.1) is 5.92 Å². The van der Waals surface area contributed by atoms with Crippen LogP contribution in [0.3, 0.4) is 0 Å². The number of carboxylic acids is 2. The number of carboxylic acid groups (broad SMARTS) is 2. The fourth-order valence-electron chi connectivity index (χ4n) is 2.82. The Morgan fingerprint density at radius 2 is 1.43 bits per heavy atom. The Morgan fingerprint density at radius 1 is 0.914 bits per heavy atom. The van der Waals surface area contributed by atoms with Crippen LogP contribution in [0.15, 0.2) is 4.99 Å². The van der Waals surface area contributed by atoms with Gasteiger partial charge in [0, 0.05) is 18.7 Å². The van der Waals surface area contributed by atoms with E-state index in [9.17, 15) is 29.1 Å². The number of nitrogens with one attached hydrogen (secondary N) is 3. The van der Waals surface area contributed by atoms with Crippen LogP contribution < -0.4 is 33.2 Å². The van der Waals surface area contributed by atoms with Crippen molar-refractivity contribution in [3.05, 3.63) is 0 Å². The van der Waals surface area contributed by atoms with Gasteiger partial charge in [0.2, 0.25) is 17.7 Å². The summed E-state index contributed by atoms with van der Waals surface area (Å²) in [6.45, 7) is 3.74. The monoisotopic (exact) mass is 519 g/mol. The van der Waals surface area contributed by atoms with Gasteiger partial charge in [0.1, 0.15) is 18.1 Å². The highest BCUT2D eigenvalue weighted by Crippen LogP contribution is 2.08. The van der Waals surface area contributed by atoms with Gasteiger partial charge in [-0.05, 0) is 25.2 Å². The molecule has 0 fully saturated rings. The maximum Gasteiger partial charge on any atom is 0.327 e. The summed E-state index contributed by atoms with van der Waals surface area (Å²) in [5.41, 5.74) is 16.5. The predicted molar refractivity (Wildman–Crippen MR) is 131 cm³/mol. The van der Waals surface area contributed by atoms with Crippen LogP contribution in [-0.2, 0) is 24.0 Å². The average Bonchev–Trinajstić information content (AvgIpc) is 2.79. The second-order valence-corrected chi connectivity index (χ2v) is 8.36. The lowest BCUT2D eigenvalue weighted by Gasteiger charge is -2.25. The van der Waals surface area contributed by atoms with E-state index in [2.05, 4.69) is 33.6 Å². The van der Waals surface area contributed by atoms with Crippen molar-refractivity contribution < 1.29 is 34.2 Å². The van der Waals surface area contributed by atoms with Gasteiger partial charge in [0.05, 0.1) is 6.04 Å². The highest BCUT2D eigenvalue weighted by atomic mass is 32.1. The predicted octanol–water partition coefficient (Wildman–Crippen LogP) is -2.25. The number of carbonyl (C=O) groups is 5.